The van der Waals surface area contributed by atoms with Gasteiger partial charge in [0.15, 0.2) is 0 Å². The van der Waals surface area contributed by atoms with E-state index < -0.39 is 17.0 Å². The monoisotopic (exact) mass is 363 g/mol. The van der Waals surface area contributed by atoms with Crippen molar-refractivity contribution in [2.75, 3.05) is 0 Å². The molecule has 0 aliphatic carbocycles. The number of thioether (sulfide) groups is 1. The van der Waals surface area contributed by atoms with Gasteiger partial charge in [-0.1, -0.05) is 29.8 Å². The van der Waals surface area contributed by atoms with E-state index in [1.165, 1.54) is 30.3 Å². The van der Waals surface area contributed by atoms with Crippen molar-refractivity contribution in [2.24, 2.45) is 0 Å². The highest BCUT2D eigenvalue weighted by molar-refractivity contribution is 8.18. The van der Waals surface area contributed by atoms with E-state index >= 15 is 0 Å². The summed E-state index contributed by atoms with van der Waals surface area (Å²) in [7, 11) is 0. The number of hydrogen-bond donors (Lipinski definition) is 1. The first kappa shape index (κ1) is 16.5. The molecule has 7 heteroatoms. The van der Waals surface area contributed by atoms with Crippen LogP contribution < -0.4 is 0 Å². The Labute approximate surface area is 146 Å². The Kier molecular flexibility index (Phi) is 4.59. The fraction of sp³-hybridized carbons (Fsp3) is 0.0588. The number of phenols is 1. The summed E-state index contributed by atoms with van der Waals surface area (Å²) >= 11 is 6.73. The van der Waals surface area contributed by atoms with Crippen LogP contribution in [0.15, 0.2) is 47.4 Å². The molecule has 0 atom stereocenters. The lowest BCUT2D eigenvalue weighted by molar-refractivity contribution is -0.123. The lowest BCUT2D eigenvalue weighted by atomic mass is 10.2. The van der Waals surface area contributed by atoms with Crippen LogP contribution in [0.4, 0.5) is 9.18 Å². The molecule has 1 N–H and O–H groups in total. The first-order chi connectivity index (χ1) is 11.5. The molecule has 0 radical (unpaired) electrons. The van der Waals surface area contributed by atoms with Gasteiger partial charge >= 0.3 is 0 Å². The smallest absolute Gasteiger partial charge is 0.293 e. The van der Waals surface area contributed by atoms with Gasteiger partial charge in [0.1, 0.15) is 11.6 Å². The second-order valence-corrected chi connectivity index (χ2v) is 6.46. The normalized spacial score (nSPS) is 16.2. The fourth-order valence-corrected chi connectivity index (χ4v) is 3.26. The van der Waals surface area contributed by atoms with Gasteiger partial charge in [0.2, 0.25) is 0 Å². The summed E-state index contributed by atoms with van der Waals surface area (Å²) in [5.41, 5.74) is 0.773. The minimum atomic E-state index is -0.566. The van der Waals surface area contributed by atoms with Crippen molar-refractivity contribution in [1.82, 2.24) is 4.90 Å². The maximum absolute atomic E-state index is 13.9. The van der Waals surface area contributed by atoms with E-state index in [-0.39, 0.29) is 27.8 Å². The van der Waals surface area contributed by atoms with Gasteiger partial charge in [-0.3, -0.25) is 14.5 Å². The van der Waals surface area contributed by atoms with Crippen molar-refractivity contribution in [3.63, 3.8) is 0 Å². The molecule has 2 aromatic carbocycles. The van der Waals surface area contributed by atoms with Gasteiger partial charge in [-0.2, -0.15) is 0 Å². The molecule has 1 heterocycles. The number of imide groups is 1. The number of carbonyl (C=O) groups excluding carboxylic acids is 2. The number of carbonyl (C=O) groups is 2. The van der Waals surface area contributed by atoms with Crippen molar-refractivity contribution in [3.05, 3.63) is 69.3 Å². The van der Waals surface area contributed by atoms with Crippen LogP contribution in [-0.2, 0) is 11.3 Å². The largest absolute Gasteiger partial charge is 0.508 e. The Morgan fingerprint density at radius 1 is 1.17 bits per heavy atom. The lowest BCUT2D eigenvalue weighted by Gasteiger charge is -2.14. The first-order valence-corrected chi connectivity index (χ1v) is 8.12. The summed E-state index contributed by atoms with van der Waals surface area (Å²) in [5, 5.41) is 8.95. The first-order valence-electron chi connectivity index (χ1n) is 6.93. The second kappa shape index (κ2) is 6.67. The highest BCUT2D eigenvalue weighted by atomic mass is 35.5. The van der Waals surface area contributed by atoms with Gasteiger partial charge in [-0.25, -0.2) is 4.39 Å². The fourth-order valence-electron chi connectivity index (χ4n) is 2.20. The van der Waals surface area contributed by atoms with Crippen LogP contribution in [0, 0.1) is 5.82 Å². The van der Waals surface area contributed by atoms with Crippen molar-refractivity contribution < 1.29 is 19.1 Å². The number of amides is 2. The minimum Gasteiger partial charge on any atom is -0.508 e. The lowest BCUT2D eigenvalue weighted by Crippen LogP contribution is -2.28. The van der Waals surface area contributed by atoms with Crippen molar-refractivity contribution in [1.29, 1.82) is 0 Å². The zero-order valence-corrected chi connectivity index (χ0v) is 13.8. The minimum absolute atomic E-state index is 0.104. The number of nitrogens with zero attached hydrogens (tertiary/aromatic N) is 1. The zero-order chi connectivity index (χ0) is 17.3. The quantitative estimate of drug-likeness (QED) is 0.820. The van der Waals surface area contributed by atoms with E-state index in [1.54, 1.807) is 18.2 Å². The molecule has 0 saturated carbocycles. The van der Waals surface area contributed by atoms with Crippen molar-refractivity contribution >= 4 is 40.6 Å². The topological polar surface area (TPSA) is 57.6 Å². The molecule has 0 spiro atoms. The third kappa shape index (κ3) is 3.29. The predicted molar refractivity (Wildman–Crippen MR) is 91.0 cm³/mol. The number of rotatable bonds is 3. The Morgan fingerprint density at radius 3 is 2.54 bits per heavy atom. The standard InChI is InChI=1S/C17H11ClFNO3S/c18-13-2-1-3-14(19)12(13)9-20-16(22)15(24-17(20)23)8-10-4-6-11(21)7-5-10/h1-8,21H,9H2/b15-8-. The summed E-state index contributed by atoms with van der Waals surface area (Å²) in [4.78, 5) is 25.7. The SMILES string of the molecule is O=C1S/C(=C\c2ccc(O)cc2)C(=O)N1Cc1c(F)cccc1Cl. The van der Waals surface area contributed by atoms with E-state index in [1.807, 2.05) is 0 Å². The molecule has 2 amide bonds. The third-order valence-electron chi connectivity index (χ3n) is 3.44. The molecule has 1 aliphatic heterocycles. The molecule has 2 aromatic rings. The Hall–Kier alpha value is -2.31. The molecule has 1 saturated heterocycles. The van der Waals surface area contributed by atoms with Crippen LogP contribution in [0.3, 0.4) is 0 Å². The van der Waals surface area contributed by atoms with Crippen molar-refractivity contribution in [2.45, 2.75) is 6.54 Å². The molecule has 122 valence electrons. The van der Waals surface area contributed by atoms with E-state index in [2.05, 4.69) is 0 Å². The number of halogens is 2. The number of benzene rings is 2. The van der Waals surface area contributed by atoms with Gasteiger partial charge in [0.05, 0.1) is 11.4 Å². The molecule has 1 fully saturated rings. The molecular weight excluding hydrogens is 353 g/mol. The van der Waals surface area contributed by atoms with E-state index in [4.69, 9.17) is 11.6 Å². The molecule has 4 nitrogen and oxygen atoms in total. The second-order valence-electron chi connectivity index (χ2n) is 5.06. The molecule has 0 unspecified atom stereocenters. The van der Waals surface area contributed by atoms with Gasteiger partial charge in [0.25, 0.3) is 11.1 Å². The average molecular weight is 364 g/mol. The number of phenolic OH excluding ortho intramolecular Hbond substituents is 1. The van der Waals surface area contributed by atoms with Crippen molar-refractivity contribution in [3.8, 4) is 5.75 Å². The number of aromatic hydroxyl groups is 1. The zero-order valence-electron chi connectivity index (χ0n) is 12.2. The number of hydrogen-bond acceptors (Lipinski definition) is 4. The average Bonchev–Trinajstić information content (AvgIpc) is 2.80. The molecule has 0 bridgehead atoms. The van der Waals surface area contributed by atoms with Gasteiger partial charge in [-0.05, 0) is 47.7 Å². The maximum Gasteiger partial charge on any atom is 0.293 e. The van der Waals surface area contributed by atoms with E-state index in [0.29, 0.717) is 5.56 Å². The highest BCUT2D eigenvalue weighted by Crippen LogP contribution is 2.34. The van der Waals surface area contributed by atoms with Crippen LogP contribution in [0.5, 0.6) is 5.75 Å². The Balaban J connectivity index is 1.85. The van der Waals surface area contributed by atoms with Gasteiger partial charge < -0.3 is 5.11 Å². The van der Waals surface area contributed by atoms with Crippen LogP contribution >= 0.6 is 23.4 Å². The van der Waals surface area contributed by atoms with Crippen LogP contribution in [0.1, 0.15) is 11.1 Å². The summed E-state index contributed by atoms with van der Waals surface area (Å²) in [6, 6.07) is 10.4. The van der Waals surface area contributed by atoms with Crippen LogP contribution in [0.2, 0.25) is 5.02 Å². The Morgan fingerprint density at radius 2 is 1.88 bits per heavy atom. The van der Waals surface area contributed by atoms with Gasteiger partial charge in [0, 0.05) is 10.6 Å². The summed E-state index contributed by atoms with van der Waals surface area (Å²) in [6.45, 7) is -0.219. The Bertz CT molecular complexity index is 831. The molecule has 1 aliphatic rings. The summed E-state index contributed by atoms with van der Waals surface area (Å²) < 4.78 is 13.9. The van der Waals surface area contributed by atoms with E-state index in [9.17, 15) is 19.1 Å². The van der Waals surface area contributed by atoms with Gasteiger partial charge in [-0.15, -0.1) is 0 Å². The summed E-state index contributed by atoms with van der Waals surface area (Å²) in [6.07, 6.45) is 1.55. The van der Waals surface area contributed by atoms with Crippen LogP contribution in [0.25, 0.3) is 6.08 Å². The molecule has 0 aromatic heterocycles. The predicted octanol–water partition coefficient (Wildman–Crippen LogP) is 4.42. The summed E-state index contributed by atoms with van der Waals surface area (Å²) in [5.74, 6) is -0.962. The maximum atomic E-state index is 13.9. The van der Waals surface area contributed by atoms with E-state index in [0.717, 1.165) is 16.7 Å². The third-order valence-corrected chi connectivity index (χ3v) is 4.70. The highest BCUT2D eigenvalue weighted by Gasteiger charge is 2.35. The van der Waals surface area contributed by atoms with Crippen LogP contribution in [-0.4, -0.2) is 21.2 Å². The molecule has 3 rings (SSSR count). The molecule has 24 heavy (non-hydrogen) atoms. The molecular formula is C17H11ClFNO3S.